The van der Waals surface area contributed by atoms with E-state index in [9.17, 15) is 0 Å². The number of nitrogens with one attached hydrogen (secondary N) is 2. The summed E-state index contributed by atoms with van der Waals surface area (Å²) in [6.45, 7) is 0.995. The van der Waals surface area contributed by atoms with Crippen LogP contribution < -0.4 is 5.32 Å². The summed E-state index contributed by atoms with van der Waals surface area (Å²) in [5.41, 5.74) is 7.97. The Morgan fingerprint density at radius 1 is 0.857 bits per heavy atom. The summed E-state index contributed by atoms with van der Waals surface area (Å²) in [5.74, 6) is 0. The fourth-order valence-electron chi connectivity index (χ4n) is 4.32. The van der Waals surface area contributed by atoms with Crippen LogP contribution in [0.15, 0.2) is 91.0 Å². The first-order chi connectivity index (χ1) is 13.9. The Kier molecular flexibility index (Phi) is 4.56. The van der Waals surface area contributed by atoms with Crippen molar-refractivity contribution in [2.24, 2.45) is 0 Å². The van der Waals surface area contributed by atoms with E-state index in [4.69, 9.17) is 0 Å². The molecule has 2 heterocycles. The minimum absolute atomic E-state index is 0.183. The number of para-hydroxylation sites is 1. The van der Waals surface area contributed by atoms with Crippen LogP contribution in [0.4, 0.5) is 0 Å². The van der Waals surface area contributed by atoms with Gasteiger partial charge in [0.05, 0.1) is 6.04 Å². The number of hydrogen-bond donors (Lipinski definition) is 2. The topological polar surface area (TPSA) is 27.8 Å². The third-order valence-corrected chi connectivity index (χ3v) is 5.68. The number of hydrogen-bond acceptors (Lipinski definition) is 1. The highest BCUT2D eigenvalue weighted by atomic mass is 15.0. The zero-order valence-corrected chi connectivity index (χ0v) is 15.9. The van der Waals surface area contributed by atoms with Crippen LogP contribution in [0, 0.1) is 0 Å². The summed E-state index contributed by atoms with van der Waals surface area (Å²) in [6.07, 6.45) is 4.39. The fraction of sp³-hybridized carbons (Fsp3) is 0.154. The molecule has 1 unspecified atom stereocenters. The molecule has 0 spiro atoms. The quantitative estimate of drug-likeness (QED) is 0.479. The van der Waals surface area contributed by atoms with E-state index >= 15 is 0 Å². The summed E-state index contributed by atoms with van der Waals surface area (Å²) in [4.78, 5) is 3.71. The minimum Gasteiger partial charge on any atom is -0.357 e. The Morgan fingerprint density at radius 2 is 1.57 bits per heavy atom. The molecule has 0 saturated heterocycles. The number of rotatable bonds is 4. The summed E-state index contributed by atoms with van der Waals surface area (Å²) in [7, 11) is 0. The van der Waals surface area contributed by atoms with Crippen molar-refractivity contribution in [3.05, 3.63) is 113 Å². The van der Waals surface area contributed by atoms with Crippen LogP contribution >= 0.6 is 0 Å². The predicted octanol–water partition coefficient (Wildman–Crippen LogP) is 5.68. The average Bonchev–Trinajstić information content (AvgIpc) is 3.15. The molecule has 2 heteroatoms. The monoisotopic (exact) mass is 364 g/mol. The second-order valence-corrected chi connectivity index (χ2v) is 7.42. The highest BCUT2D eigenvalue weighted by molar-refractivity contribution is 5.86. The molecule has 0 bridgehead atoms. The average molecular weight is 364 g/mol. The van der Waals surface area contributed by atoms with Gasteiger partial charge in [-0.15, -0.1) is 0 Å². The largest absolute Gasteiger partial charge is 0.357 e. The van der Waals surface area contributed by atoms with Crippen molar-refractivity contribution in [3.63, 3.8) is 0 Å². The van der Waals surface area contributed by atoms with Gasteiger partial charge in [0.1, 0.15) is 0 Å². The van der Waals surface area contributed by atoms with Gasteiger partial charge in [-0.3, -0.25) is 0 Å². The maximum Gasteiger partial charge on any atom is 0.0735 e. The maximum absolute atomic E-state index is 3.77. The Balaban J connectivity index is 1.60. The molecule has 1 aromatic heterocycles. The lowest BCUT2D eigenvalue weighted by atomic mass is 9.89. The summed E-state index contributed by atoms with van der Waals surface area (Å²) in [6, 6.07) is 30.3. The summed E-state index contributed by atoms with van der Waals surface area (Å²) >= 11 is 0. The van der Waals surface area contributed by atoms with Gasteiger partial charge in [-0.2, -0.15) is 0 Å². The molecule has 0 amide bonds. The number of H-pyrrole nitrogens is 1. The molecule has 3 aromatic carbocycles. The van der Waals surface area contributed by atoms with Crippen LogP contribution in [0.25, 0.3) is 16.5 Å². The van der Waals surface area contributed by atoms with E-state index in [1.807, 2.05) is 0 Å². The zero-order valence-electron chi connectivity index (χ0n) is 15.9. The van der Waals surface area contributed by atoms with Crippen LogP contribution in [0.2, 0.25) is 0 Å². The van der Waals surface area contributed by atoms with Crippen molar-refractivity contribution in [2.75, 3.05) is 6.54 Å². The smallest absolute Gasteiger partial charge is 0.0735 e. The SMILES string of the molecule is C(/Cc1ccccc1)=C(/c1ccccc1)C1NCCc2c1[nH]c1ccccc21. The van der Waals surface area contributed by atoms with Gasteiger partial charge in [0.25, 0.3) is 0 Å². The maximum atomic E-state index is 3.77. The molecule has 28 heavy (non-hydrogen) atoms. The highest BCUT2D eigenvalue weighted by Crippen LogP contribution is 2.37. The molecular weight excluding hydrogens is 340 g/mol. The van der Waals surface area contributed by atoms with Gasteiger partial charge in [0, 0.05) is 23.1 Å². The number of benzene rings is 3. The van der Waals surface area contributed by atoms with Crippen molar-refractivity contribution in [3.8, 4) is 0 Å². The second-order valence-electron chi connectivity index (χ2n) is 7.42. The third-order valence-electron chi connectivity index (χ3n) is 5.68. The van der Waals surface area contributed by atoms with E-state index in [0.29, 0.717) is 0 Å². The van der Waals surface area contributed by atoms with Crippen LogP contribution in [0.3, 0.4) is 0 Å². The molecule has 0 aliphatic carbocycles. The predicted molar refractivity (Wildman–Crippen MR) is 117 cm³/mol. The van der Waals surface area contributed by atoms with Crippen molar-refractivity contribution >= 4 is 16.5 Å². The lowest BCUT2D eigenvalue weighted by Crippen LogP contribution is -2.30. The number of allylic oxidation sites excluding steroid dienone is 1. The number of fused-ring (bicyclic) bond motifs is 3. The van der Waals surface area contributed by atoms with E-state index < -0.39 is 0 Å². The van der Waals surface area contributed by atoms with Gasteiger partial charge in [0.15, 0.2) is 0 Å². The number of aromatic amines is 1. The van der Waals surface area contributed by atoms with Crippen LogP contribution in [-0.4, -0.2) is 11.5 Å². The van der Waals surface area contributed by atoms with E-state index in [2.05, 4.69) is 101 Å². The molecule has 0 radical (unpaired) electrons. The summed E-state index contributed by atoms with van der Waals surface area (Å²) in [5, 5.41) is 5.13. The molecule has 0 saturated carbocycles. The van der Waals surface area contributed by atoms with Crippen LogP contribution in [0.5, 0.6) is 0 Å². The molecule has 138 valence electrons. The molecule has 0 fully saturated rings. The lowest BCUT2D eigenvalue weighted by molar-refractivity contribution is 0.584. The number of aromatic nitrogens is 1. The molecule has 2 nitrogen and oxygen atoms in total. The first kappa shape index (κ1) is 17.0. The second kappa shape index (κ2) is 7.49. The van der Waals surface area contributed by atoms with Gasteiger partial charge in [-0.05, 0) is 41.2 Å². The van der Waals surface area contributed by atoms with E-state index in [1.165, 1.54) is 38.9 Å². The molecule has 1 atom stereocenters. The van der Waals surface area contributed by atoms with E-state index in [0.717, 1.165) is 19.4 Å². The first-order valence-electron chi connectivity index (χ1n) is 10.0. The minimum atomic E-state index is 0.183. The summed E-state index contributed by atoms with van der Waals surface area (Å²) < 4.78 is 0. The van der Waals surface area contributed by atoms with Gasteiger partial charge in [0.2, 0.25) is 0 Å². The first-order valence-corrected chi connectivity index (χ1v) is 10.0. The zero-order chi connectivity index (χ0) is 18.8. The van der Waals surface area contributed by atoms with Crippen LogP contribution in [0.1, 0.15) is 28.4 Å². The third kappa shape index (κ3) is 3.17. The molecule has 2 N–H and O–H groups in total. The van der Waals surface area contributed by atoms with E-state index in [-0.39, 0.29) is 6.04 Å². The van der Waals surface area contributed by atoms with Gasteiger partial charge >= 0.3 is 0 Å². The van der Waals surface area contributed by atoms with Gasteiger partial charge in [-0.1, -0.05) is 84.9 Å². The lowest BCUT2D eigenvalue weighted by Gasteiger charge is -2.27. The molecule has 1 aliphatic rings. The fourth-order valence-corrected chi connectivity index (χ4v) is 4.32. The Morgan fingerprint density at radius 3 is 2.39 bits per heavy atom. The Hall–Kier alpha value is -3.10. The van der Waals surface area contributed by atoms with Gasteiger partial charge in [-0.25, -0.2) is 0 Å². The van der Waals surface area contributed by atoms with Crippen molar-refractivity contribution < 1.29 is 0 Å². The Bertz CT molecular complexity index is 1110. The van der Waals surface area contributed by atoms with Gasteiger partial charge < -0.3 is 10.3 Å². The van der Waals surface area contributed by atoms with Crippen molar-refractivity contribution in [1.82, 2.24) is 10.3 Å². The Labute approximate surface area is 165 Å². The van der Waals surface area contributed by atoms with Crippen LogP contribution in [-0.2, 0) is 12.8 Å². The molecule has 5 rings (SSSR count). The van der Waals surface area contributed by atoms with Crippen molar-refractivity contribution in [2.45, 2.75) is 18.9 Å². The molecular formula is C26H24N2. The molecule has 4 aromatic rings. The standard InChI is InChI=1S/C26H24N2/c1-3-9-19(10-4-1)15-16-21(20-11-5-2-6-12-20)25-26-23(17-18-27-25)22-13-7-8-14-24(22)28-26/h1-14,16,25,27-28H,15,17-18H2/b21-16+. The normalized spacial score (nSPS) is 16.9. The van der Waals surface area contributed by atoms with E-state index in [1.54, 1.807) is 0 Å². The molecule has 1 aliphatic heterocycles. The highest BCUT2D eigenvalue weighted by Gasteiger charge is 2.27. The van der Waals surface area contributed by atoms with Crippen molar-refractivity contribution in [1.29, 1.82) is 0 Å².